The van der Waals surface area contributed by atoms with Gasteiger partial charge in [-0.2, -0.15) is 5.10 Å². The molecule has 0 fully saturated rings. The summed E-state index contributed by atoms with van der Waals surface area (Å²) in [6.07, 6.45) is 3.37. The van der Waals surface area contributed by atoms with Crippen molar-refractivity contribution in [1.29, 1.82) is 0 Å². The Balaban J connectivity index is 1.68. The molecule has 0 unspecified atom stereocenters. The van der Waals surface area contributed by atoms with E-state index < -0.39 is 0 Å². The van der Waals surface area contributed by atoms with E-state index in [1.54, 1.807) is 21.8 Å². The van der Waals surface area contributed by atoms with Crippen molar-refractivity contribution in [2.24, 2.45) is 17.1 Å². The van der Waals surface area contributed by atoms with Crippen LogP contribution in [-0.2, 0) is 7.05 Å². The smallest absolute Gasteiger partial charge is 0.297 e. The molecule has 0 amide bonds. The van der Waals surface area contributed by atoms with E-state index in [4.69, 9.17) is 9.41 Å². The second-order valence-corrected chi connectivity index (χ2v) is 9.27. The van der Waals surface area contributed by atoms with E-state index in [0.29, 0.717) is 16.2 Å². The monoisotopic (exact) mass is 533 g/mol. The summed E-state index contributed by atoms with van der Waals surface area (Å²) in [5.41, 5.74) is 3.38. The molecule has 9 heteroatoms. The quantitative estimate of drug-likeness (QED) is 0.280. The molecule has 3 heterocycles. The number of para-hydroxylation sites is 1. The molecular weight excluding hydrogens is 514 g/mol. The van der Waals surface area contributed by atoms with Crippen LogP contribution >= 0.6 is 27.3 Å². The van der Waals surface area contributed by atoms with E-state index in [0.717, 1.165) is 27.1 Å². The first kappa shape index (κ1) is 22.1. The minimum atomic E-state index is -0.193. The van der Waals surface area contributed by atoms with Crippen LogP contribution in [0.2, 0.25) is 0 Å². The van der Waals surface area contributed by atoms with Crippen LogP contribution in [0.3, 0.4) is 0 Å². The van der Waals surface area contributed by atoms with Gasteiger partial charge in [-0.05, 0) is 48.9 Å². The van der Waals surface area contributed by atoms with Gasteiger partial charge >= 0.3 is 0 Å². The maximum absolute atomic E-state index is 13.4. The van der Waals surface area contributed by atoms with E-state index in [2.05, 4.69) is 21.0 Å². The summed E-state index contributed by atoms with van der Waals surface area (Å²) in [7, 11) is 1.85. The summed E-state index contributed by atoms with van der Waals surface area (Å²) in [6.45, 7) is 1.88. The number of aromatic nitrogens is 3. The largest absolute Gasteiger partial charge is 0.463 e. The van der Waals surface area contributed by atoms with Crippen molar-refractivity contribution >= 4 is 39.2 Å². The van der Waals surface area contributed by atoms with Crippen LogP contribution in [-0.4, -0.2) is 20.3 Å². The number of thiazole rings is 1. The van der Waals surface area contributed by atoms with Gasteiger partial charge in [-0.1, -0.05) is 46.3 Å². The molecule has 7 nitrogen and oxygen atoms in total. The summed E-state index contributed by atoms with van der Waals surface area (Å²) < 4.78 is 11.7. The Morgan fingerprint density at radius 2 is 1.88 bits per heavy atom. The highest BCUT2D eigenvalue weighted by atomic mass is 79.9. The van der Waals surface area contributed by atoms with E-state index in [9.17, 15) is 4.79 Å². The highest BCUT2D eigenvalue weighted by Gasteiger charge is 2.17. The molecule has 2 aromatic carbocycles. The molecule has 0 aliphatic heterocycles. The first-order valence-electron chi connectivity index (χ1n) is 10.5. The molecule has 0 spiro atoms. The molecule has 0 aliphatic rings. The SMILES string of the molecule is Cc1c(N=c2scc(-c3ccco3)n2N=Cc2cccc(Br)c2)c(=O)n(-c2ccccc2)n1C. The van der Waals surface area contributed by atoms with Gasteiger partial charge < -0.3 is 4.42 Å². The number of benzene rings is 2. The fourth-order valence-corrected chi connectivity index (χ4v) is 4.81. The molecular formula is C25H20BrN5O2S. The lowest BCUT2D eigenvalue weighted by atomic mass is 10.2. The van der Waals surface area contributed by atoms with Crippen molar-refractivity contribution < 1.29 is 4.42 Å². The van der Waals surface area contributed by atoms with E-state index in [-0.39, 0.29) is 5.56 Å². The van der Waals surface area contributed by atoms with Crippen molar-refractivity contribution in [2.75, 3.05) is 0 Å². The van der Waals surface area contributed by atoms with Crippen LogP contribution in [0.5, 0.6) is 0 Å². The molecule has 0 bridgehead atoms. The Labute approximate surface area is 207 Å². The predicted molar refractivity (Wildman–Crippen MR) is 138 cm³/mol. The molecule has 5 rings (SSSR count). The number of nitrogens with zero attached hydrogens (tertiary/aromatic N) is 5. The Morgan fingerprint density at radius 1 is 1.06 bits per heavy atom. The third-order valence-electron chi connectivity index (χ3n) is 5.36. The lowest BCUT2D eigenvalue weighted by molar-refractivity contribution is 0.575. The summed E-state index contributed by atoms with van der Waals surface area (Å²) in [6, 6.07) is 21.1. The van der Waals surface area contributed by atoms with Crippen LogP contribution in [0.25, 0.3) is 17.1 Å². The van der Waals surface area contributed by atoms with Gasteiger partial charge in [0.15, 0.2) is 11.4 Å². The van der Waals surface area contributed by atoms with Crippen LogP contribution in [0, 0.1) is 6.92 Å². The molecule has 0 saturated heterocycles. The first-order chi connectivity index (χ1) is 16.5. The molecule has 170 valence electrons. The standard InChI is InChI=1S/C25H20BrN5O2S/c1-17-23(24(32)31(29(17)2)20-10-4-3-5-11-20)28-25-30(21(16-34-25)22-12-7-13-33-22)27-15-18-8-6-9-19(26)14-18/h3-16H,1-2H3. The van der Waals surface area contributed by atoms with E-state index in [1.807, 2.05) is 90.8 Å². The number of hydrogen-bond acceptors (Lipinski definition) is 5. The second-order valence-electron chi connectivity index (χ2n) is 7.51. The lowest BCUT2D eigenvalue weighted by Gasteiger charge is -2.07. The van der Waals surface area contributed by atoms with Crippen molar-refractivity contribution in [2.45, 2.75) is 6.92 Å². The van der Waals surface area contributed by atoms with E-state index >= 15 is 0 Å². The van der Waals surface area contributed by atoms with Gasteiger partial charge in [0.05, 0.1) is 23.9 Å². The lowest BCUT2D eigenvalue weighted by Crippen LogP contribution is -2.19. The normalized spacial score (nSPS) is 12.1. The number of furan rings is 1. The van der Waals surface area contributed by atoms with Gasteiger partial charge in [0, 0.05) is 16.9 Å². The minimum absolute atomic E-state index is 0.193. The summed E-state index contributed by atoms with van der Waals surface area (Å²) >= 11 is 4.88. The number of rotatable bonds is 5. The van der Waals surface area contributed by atoms with Crippen LogP contribution < -0.4 is 10.4 Å². The van der Waals surface area contributed by atoms with Gasteiger partial charge in [-0.25, -0.2) is 14.4 Å². The maximum atomic E-state index is 13.4. The Bertz CT molecular complexity index is 1610. The zero-order chi connectivity index (χ0) is 23.7. The number of hydrogen-bond donors (Lipinski definition) is 0. The molecule has 0 radical (unpaired) electrons. The molecule has 34 heavy (non-hydrogen) atoms. The second kappa shape index (κ2) is 9.28. The molecule has 5 aromatic rings. The zero-order valence-electron chi connectivity index (χ0n) is 18.4. The third kappa shape index (κ3) is 4.15. The fourth-order valence-electron chi connectivity index (χ4n) is 3.57. The minimum Gasteiger partial charge on any atom is -0.463 e. The van der Waals surface area contributed by atoms with Gasteiger partial charge in [-0.15, -0.1) is 11.3 Å². The summed E-state index contributed by atoms with van der Waals surface area (Å²) in [5.74, 6) is 0.663. The average molecular weight is 534 g/mol. The van der Waals surface area contributed by atoms with Crippen LogP contribution in [0.1, 0.15) is 11.3 Å². The topological polar surface area (TPSA) is 69.7 Å². The zero-order valence-corrected chi connectivity index (χ0v) is 20.8. The van der Waals surface area contributed by atoms with Crippen LogP contribution in [0.15, 0.2) is 102 Å². The van der Waals surface area contributed by atoms with Gasteiger partial charge in [0.1, 0.15) is 5.69 Å². The van der Waals surface area contributed by atoms with Gasteiger partial charge in [0.2, 0.25) is 4.80 Å². The molecule has 0 saturated carbocycles. The van der Waals surface area contributed by atoms with Crippen molar-refractivity contribution in [1.82, 2.24) is 14.0 Å². The first-order valence-corrected chi connectivity index (χ1v) is 12.1. The van der Waals surface area contributed by atoms with Crippen molar-refractivity contribution in [3.8, 4) is 17.1 Å². The Hall–Kier alpha value is -3.69. The van der Waals surface area contributed by atoms with Gasteiger partial charge in [0.25, 0.3) is 5.56 Å². The highest BCUT2D eigenvalue weighted by molar-refractivity contribution is 9.10. The maximum Gasteiger partial charge on any atom is 0.297 e. The van der Waals surface area contributed by atoms with E-state index in [1.165, 1.54) is 11.3 Å². The van der Waals surface area contributed by atoms with Gasteiger partial charge in [-0.3, -0.25) is 9.48 Å². The van der Waals surface area contributed by atoms with Crippen molar-refractivity contribution in [3.05, 3.63) is 109 Å². The molecule has 0 aliphatic carbocycles. The third-order valence-corrected chi connectivity index (χ3v) is 6.67. The number of halogens is 1. The predicted octanol–water partition coefficient (Wildman–Crippen LogP) is 5.48. The average Bonchev–Trinajstić information content (AvgIpc) is 3.55. The summed E-state index contributed by atoms with van der Waals surface area (Å²) in [5, 5.41) is 6.61. The summed E-state index contributed by atoms with van der Waals surface area (Å²) in [4.78, 5) is 18.7. The molecule has 0 N–H and O–H groups in total. The highest BCUT2D eigenvalue weighted by Crippen LogP contribution is 2.22. The Kier molecular flexibility index (Phi) is 6.04. The molecule has 0 atom stereocenters. The van der Waals surface area contributed by atoms with Crippen molar-refractivity contribution in [3.63, 3.8) is 0 Å². The fraction of sp³-hybridized carbons (Fsp3) is 0.0800. The Morgan fingerprint density at radius 3 is 2.62 bits per heavy atom. The van der Waals surface area contributed by atoms with Crippen LogP contribution in [0.4, 0.5) is 5.69 Å². The molecule has 3 aromatic heterocycles.